The molecule has 0 spiro atoms. The second kappa shape index (κ2) is 10.4. The summed E-state index contributed by atoms with van der Waals surface area (Å²) in [5.41, 5.74) is 1.52. The molecule has 0 aliphatic carbocycles. The molecule has 1 fully saturated rings. The van der Waals surface area contributed by atoms with E-state index in [1.165, 1.54) is 14.0 Å². The Bertz CT molecular complexity index is 976. The van der Waals surface area contributed by atoms with Crippen molar-refractivity contribution in [3.63, 3.8) is 0 Å². The molecule has 1 unspecified atom stereocenters. The first-order chi connectivity index (χ1) is 14.9. The summed E-state index contributed by atoms with van der Waals surface area (Å²) >= 11 is 6.10. The van der Waals surface area contributed by atoms with Crippen LogP contribution in [-0.4, -0.2) is 42.7 Å². The number of carbonyl (C=O) groups excluding carboxylic acids is 3. The summed E-state index contributed by atoms with van der Waals surface area (Å²) in [4.78, 5) is 39.1. The molecule has 1 N–H and O–H groups in total. The summed E-state index contributed by atoms with van der Waals surface area (Å²) in [5, 5.41) is 3.29. The SMILES string of the molecule is COc1ccc(NC(=O)CCC2CCCN(C(=O)c3ccccc3C(C)=O)C2)cc1Cl. The van der Waals surface area contributed by atoms with Gasteiger partial charge in [0.15, 0.2) is 5.78 Å². The number of nitrogens with zero attached hydrogens (tertiary/aromatic N) is 1. The number of hydrogen-bond donors (Lipinski definition) is 1. The lowest BCUT2D eigenvalue weighted by Gasteiger charge is -2.33. The van der Waals surface area contributed by atoms with Crippen LogP contribution in [0.4, 0.5) is 5.69 Å². The maximum absolute atomic E-state index is 13.0. The Morgan fingerprint density at radius 1 is 1.16 bits per heavy atom. The molecule has 2 aromatic rings. The lowest BCUT2D eigenvalue weighted by Crippen LogP contribution is -2.40. The number of halogens is 1. The van der Waals surface area contributed by atoms with Crippen LogP contribution in [0.15, 0.2) is 42.5 Å². The topological polar surface area (TPSA) is 75.7 Å². The molecular formula is C24H27ClN2O4. The largest absolute Gasteiger partial charge is 0.495 e. The van der Waals surface area contributed by atoms with Crippen LogP contribution in [0, 0.1) is 5.92 Å². The van der Waals surface area contributed by atoms with E-state index >= 15 is 0 Å². The normalized spacial score (nSPS) is 16.0. The fourth-order valence-electron chi connectivity index (χ4n) is 3.93. The van der Waals surface area contributed by atoms with Gasteiger partial charge in [0, 0.05) is 30.8 Å². The Kier molecular flexibility index (Phi) is 7.69. The number of ether oxygens (including phenoxy) is 1. The fourth-order valence-corrected chi connectivity index (χ4v) is 4.19. The summed E-state index contributed by atoms with van der Waals surface area (Å²) in [6.07, 6.45) is 2.91. The van der Waals surface area contributed by atoms with Crippen molar-refractivity contribution in [2.75, 3.05) is 25.5 Å². The summed E-state index contributed by atoms with van der Waals surface area (Å²) < 4.78 is 5.12. The Morgan fingerprint density at radius 3 is 2.58 bits per heavy atom. The summed E-state index contributed by atoms with van der Waals surface area (Å²) in [5.74, 6) is 0.470. The van der Waals surface area contributed by atoms with Crippen LogP contribution in [0.2, 0.25) is 5.02 Å². The van der Waals surface area contributed by atoms with Crippen molar-refractivity contribution >= 4 is 34.9 Å². The van der Waals surface area contributed by atoms with Gasteiger partial charge in [-0.2, -0.15) is 0 Å². The lowest BCUT2D eigenvalue weighted by molar-refractivity contribution is -0.116. The first-order valence-corrected chi connectivity index (χ1v) is 10.8. The second-order valence-corrected chi connectivity index (χ2v) is 8.20. The summed E-state index contributed by atoms with van der Waals surface area (Å²) in [6.45, 7) is 2.73. The van der Waals surface area contributed by atoms with Gasteiger partial charge in [-0.15, -0.1) is 0 Å². The van der Waals surface area contributed by atoms with Crippen LogP contribution in [-0.2, 0) is 4.79 Å². The molecule has 2 amide bonds. The highest BCUT2D eigenvalue weighted by Crippen LogP contribution is 2.28. The number of benzene rings is 2. The average molecular weight is 443 g/mol. The van der Waals surface area contributed by atoms with Crippen LogP contribution in [0.3, 0.4) is 0 Å². The van der Waals surface area contributed by atoms with Crippen LogP contribution in [0.25, 0.3) is 0 Å². The zero-order chi connectivity index (χ0) is 22.4. The van der Waals surface area contributed by atoms with Gasteiger partial charge in [-0.1, -0.05) is 29.8 Å². The van der Waals surface area contributed by atoms with Gasteiger partial charge in [0.05, 0.1) is 17.7 Å². The minimum atomic E-state index is -0.118. The number of methoxy groups -OCH3 is 1. The van der Waals surface area contributed by atoms with E-state index < -0.39 is 0 Å². The molecule has 1 atom stereocenters. The highest BCUT2D eigenvalue weighted by molar-refractivity contribution is 6.32. The van der Waals surface area contributed by atoms with E-state index in [9.17, 15) is 14.4 Å². The van der Waals surface area contributed by atoms with Crippen molar-refractivity contribution in [1.82, 2.24) is 4.90 Å². The van der Waals surface area contributed by atoms with E-state index in [-0.39, 0.29) is 23.5 Å². The third-order valence-electron chi connectivity index (χ3n) is 5.56. The molecular weight excluding hydrogens is 416 g/mol. The minimum Gasteiger partial charge on any atom is -0.495 e. The quantitative estimate of drug-likeness (QED) is 0.623. The highest BCUT2D eigenvalue weighted by Gasteiger charge is 2.26. The van der Waals surface area contributed by atoms with Gasteiger partial charge in [-0.25, -0.2) is 0 Å². The number of ketones is 1. The molecule has 164 valence electrons. The average Bonchev–Trinajstić information content (AvgIpc) is 2.77. The molecule has 31 heavy (non-hydrogen) atoms. The van der Waals surface area contributed by atoms with E-state index in [1.807, 2.05) is 0 Å². The molecule has 6 nitrogen and oxygen atoms in total. The summed E-state index contributed by atoms with van der Waals surface area (Å²) in [6, 6.07) is 12.0. The van der Waals surface area contributed by atoms with Gasteiger partial charge in [0.1, 0.15) is 5.75 Å². The smallest absolute Gasteiger partial charge is 0.254 e. The minimum absolute atomic E-state index is 0.0911. The lowest BCUT2D eigenvalue weighted by atomic mass is 9.92. The Hall–Kier alpha value is -2.86. The van der Waals surface area contributed by atoms with Gasteiger partial charge in [0.2, 0.25) is 5.91 Å². The number of carbonyl (C=O) groups is 3. The standard InChI is InChI=1S/C24H27ClN2O4/c1-16(28)19-7-3-4-8-20(19)24(30)27-13-5-6-17(15-27)9-12-23(29)26-18-10-11-22(31-2)21(25)14-18/h3-4,7-8,10-11,14,17H,5-6,9,12-13,15H2,1-2H3,(H,26,29). The maximum atomic E-state index is 13.0. The van der Waals surface area contributed by atoms with Crippen molar-refractivity contribution in [2.24, 2.45) is 5.92 Å². The van der Waals surface area contributed by atoms with Crippen molar-refractivity contribution in [3.05, 3.63) is 58.6 Å². The number of anilines is 1. The van der Waals surface area contributed by atoms with E-state index in [2.05, 4.69) is 5.32 Å². The number of likely N-dealkylation sites (tertiary alicyclic amines) is 1. The van der Waals surface area contributed by atoms with Gasteiger partial charge in [-0.05, 0) is 56.4 Å². The Balaban J connectivity index is 1.55. The van der Waals surface area contributed by atoms with E-state index in [0.29, 0.717) is 53.5 Å². The molecule has 0 bridgehead atoms. The molecule has 1 saturated heterocycles. The molecule has 1 heterocycles. The predicted octanol–water partition coefficient (Wildman–Crippen LogP) is 4.82. The van der Waals surface area contributed by atoms with Gasteiger partial charge < -0.3 is 15.0 Å². The molecule has 7 heteroatoms. The first-order valence-electron chi connectivity index (χ1n) is 10.4. The van der Waals surface area contributed by atoms with Crippen molar-refractivity contribution < 1.29 is 19.1 Å². The number of Topliss-reactive ketones (excluding diaryl/α,β-unsaturated/α-hetero) is 1. The molecule has 0 radical (unpaired) electrons. The molecule has 1 aliphatic heterocycles. The van der Waals surface area contributed by atoms with Gasteiger partial charge in [0.25, 0.3) is 5.91 Å². The predicted molar refractivity (Wildman–Crippen MR) is 121 cm³/mol. The number of nitrogens with one attached hydrogen (secondary N) is 1. The number of piperidine rings is 1. The van der Waals surface area contributed by atoms with Crippen LogP contribution in [0.1, 0.15) is 53.3 Å². The van der Waals surface area contributed by atoms with Crippen LogP contribution in [0.5, 0.6) is 5.75 Å². The van der Waals surface area contributed by atoms with Crippen molar-refractivity contribution in [1.29, 1.82) is 0 Å². The molecule has 3 rings (SSSR count). The number of amides is 2. The van der Waals surface area contributed by atoms with Crippen molar-refractivity contribution in [3.8, 4) is 5.75 Å². The molecule has 1 aliphatic rings. The van der Waals surface area contributed by atoms with Crippen LogP contribution < -0.4 is 10.1 Å². The summed E-state index contributed by atoms with van der Waals surface area (Å²) in [7, 11) is 1.54. The zero-order valence-corrected chi connectivity index (χ0v) is 18.6. The number of hydrogen-bond acceptors (Lipinski definition) is 4. The fraction of sp³-hybridized carbons (Fsp3) is 0.375. The third kappa shape index (κ3) is 5.85. The highest BCUT2D eigenvalue weighted by atomic mass is 35.5. The molecule has 2 aromatic carbocycles. The maximum Gasteiger partial charge on any atom is 0.254 e. The van der Waals surface area contributed by atoms with Gasteiger partial charge >= 0.3 is 0 Å². The monoisotopic (exact) mass is 442 g/mol. The zero-order valence-electron chi connectivity index (χ0n) is 17.8. The molecule has 0 saturated carbocycles. The van der Waals surface area contributed by atoms with E-state index in [0.717, 1.165) is 12.8 Å². The Morgan fingerprint density at radius 2 is 1.90 bits per heavy atom. The second-order valence-electron chi connectivity index (χ2n) is 7.80. The van der Waals surface area contributed by atoms with E-state index in [1.54, 1.807) is 47.4 Å². The van der Waals surface area contributed by atoms with Crippen LogP contribution >= 0.6 is 11.6 Å². The van der Waals surface area contributed by atoms with E-state index in [4.69, 9.17) is 16.3 Å². The van der Waals surface area contributed by atoms with Gasteiger partial charge in [-0.3, -0.25) is 14.4 Å². The third-order valence-corrected chi connectivity index (χ3v) is 5.85. The molecule has 0 aromatic heterocycles. The Labute approximate surface area is 187 Å². The number of rotatable bonds is 7. The first kappa shape index (κ1) is 22.8. The van der Waals surface area contributed by atoms with Crippen molar-refractivity contribution in [2.45, 2.75) is 32.6 Å².